The quantitative estimate of drug-likeness (QED) is 0.684. The second-order valence-electron chi connectivity index (χ2n) is 4.91. The molecule has 1 aliphatic rings. The number of hydrogen-bond acceptors (Lipinski definition) is 5. The van der Waals surface area contributed by atoms with Crippen molar-refractivity contribution in [1.29, 1.82) is 0 Å². The molecule has 5 heteroatoms. The fourth-order valence-corrected chi connectivity index (χ4v) is 2.44. The number of aliphatic hydroxyl groups excluding tert-OH is 3. The van der Waals surface area contributed by atoms with Gasteiger partial charge in [-0.15, -0.1) is 6.58 Å². The molecule has 5 atom stereocenters. The normalized spacial score (nSPS) is 33.1. The Bertz CT molecular complexity index is 444. The summed E-state index contributed by atoms with van der Waals surface area (Å²) in [6.45, 7) is 3.78. The van der Waals surface area contributed by atoms with Crippen molar-refractivity contribution < 1.29 is 24.8 Å². The first-order valence-corrected chi connectivity index (χ1v) is 6.49. The molecule has 0 saturated heterocycles. The molecule has 0 unspecified atom stereocenters. The Morgan fingerprint density at radius 2 is 1.75 bits per heavy atom. The van der Waals surface area contributed by atoms with Gasteiger partial charge in [0.05, 0.1) is 25.9 Å². The van der Waals surface area contributed by atoms with Gasteiger partial charge in [-0.3, -0.25) is 0 Å². The zero-order valence-electron chi connectivity index (χ0n) is 11.3. The third-order valence-corrected chi connectivity index (χ3v) is 3.69. The minimum absolute atomic E-state index is 0.235. The van der Waals surface area contributed by atoms with E-state index < -0.39 is 30.3 Å². The number of rotatable bonds is 5. The summed E-state index contributed by atoms with van der Waals surface area (Å²) in [5, 5.41) is 29.7. The maximum atomic E-state index is 10.0. The average Bonchev–Trinajstić information content (AvgIpc) is 2.68. The summed E-state index contributed by atoms with van der Waals surface area (Å²) in [6.07, 6.45) is -2.52. The molecule has 110 valence electrons. The number of methoxy groups -OCH3 is 1. The van der Waals surface area contributed by atoms with E-state index in [4.69, 9.17) is 9.47 Å². The molecule has 0 radical (unpaired) electrons. The molecular formula is C15H20O5. The van der Waals surface area contributed by atoms with Crippen molar-refractivity contribution in [2.24, 2.45) is 5.92 Å². The highest BCUT2D eigenvalue weighted by atomic mass is 16.5. The maximum absolute atomic E-state index is 10.0. The van der Waals surface area contributed by atoms with Crippen molar-refractivity contribution in [3.63, 3.8) is 0 Å². The fourth-order valence-electron chi connectivity index (χ4n) is 2.44. The van der Waals surface area contributed by atoms with Gasteiger partial charge in [0.25, 0.3) is 0 Å². The highest BCUT2D eigenvalue weighted by Gasteiger charge is 2.48. The minimum Gasteiger partial charge on any atom is -0.497 e. The predicted octanol–water partition coefficient (Wildman–Crippen LogP) is 0.479. The second kappa shape index (κ2) is 6.37. The first-order chi connectivity index (χ1) is 9.58. The third-order valence-electron chi connectivity index (χ3n) is 3.69. The molecule has 0 amide bonds. The van der Waals surface area contributed by atoms with Crippen molar-refractivity contribution in [3.05, 3.63) is 42.5 Å². The van der Waals surface area contributed by atoms with Crippen LogP contribution < -0.4 is 4.74 Å². The Balaban J connectivity index is 1.97. The standard InChI is InChI=1S/C15H20O5/c1-3-11-12(16)14(18)15(13(11)17)20-8-9-4-6-10(19-2)7-5-9/h3-7,11-18H,1,8H2,2H3/t11-,12-,13-,14-,15-/m1/s1. The van der Waals surface area contributed by atoms with Crippen LogP contribution in [0.1, 0.15) is 5.56 Å². The number of benzene rings is 1. The molecule has 1 aromatic carbocycles. The van der Waals surface area contributed by atoms with Gasteiger partial charge in [-0.25, -0.2) is 0 Å². The second-order valence-corrected chi connectivity index (χ2v) is 4.91. The van der Waals surface area contributed by atoms with Crippen LogP contribution in [-0.4, -0.2) is 46.8 Å². The van der Waals surface area contributed by atoms with Crippen molar-refractivity contribution in [3.8, 4) is 5.75 Å². The van der Waals surface area contributed by atoms with E-state index in [2.05, 4.69) is 6.58 Å². The Labute approximate surface area is 118 Å². The van der Waals surface area contributed by atoms with Gasteiger partial charge in [0, 0.05) is 5.92 Å². The number of aliphatic hydroxyl groups is 3. The van der Waals surface area contributed by atoms with Crippen molar-refractivity contribution >= 4 is 0 Å². The molecule has 0 aliphatic heterocycles. The van der Waals surface area contributed by atoms with Crippen LogP contribution in [-0.2, 0) is 11.3 Å². The molecule has 1 saturated carbocycles. The zero-order chi connectivity index (χ0) is 14.7. The Hall–Kier alpha value is -1.40. The lowest BCUT2D eigenvalue weighted by Crippen LogP contribution is -2.35. The Morgan fingerprint density at radius 3 is 2.25 bits per heavy atom. The lowest BCUT2D eigenvalue weighted by Gasteiger charge is -2.19. The molecule has 1 fully saturated rings. The predicted molar refractivity (Wildman–Crippen MR) is 73.3 cm³/mol. The van der Waals surface area contributed by atoms with Crippen molar-refractivity contribution in [2.75, 3.05) is 7.11 Å². The summed E-state index contributed by atoms with van der Waals surface area (Å²) < 4.78 is 10.6. The van der Waals surface area contributed by atoms with Gasteiger partial charge in [0.15, 0.2) is 0 Å². The van der Waals surface area contributed by atoms with Crippen molar-refractivity contribution in [2.45, 2.75) is 31.0 Å². The van der Waals surface area contributed by atoms with Crippen LogP contribution in [0.15, 0.2) is 36.9 Å². The SMILES string of the molecule is C=C[C@H]1[C@@H](O)[C@@H](OCc2ccc(OC)cc2)[C@H](O)[C@@H]1O. The van der Waals surface area contributed by atoms with E-state index in [0.29, 0.717) is 0 Å². The monoisotopic (exact) mass is 280 g/mol. The van der Waals surface area contributed by atoms with E-state index in [0.717, 1.165) is 11.3 Å². The summed E-state index contributed by atoms with van der Waals surface area (Å²) in [5.41, 5.74) is 0.891. The van der Waals surface area contributed by atoms with E-state index in [1.165, 1.54) is 6.08 Å². The molecule has 1 aromatic rings. The molecule has 0 heterocycles. The summed E-state index contributed by atoms with van der Waals surface area (Å²) in [6, 6.07) is 7.30. The van der Waals surface area contributed by atoms with Crippen LogP contribution in [0.3, 0.4) is 0 Å². The van der Waals surface area contributed by atoms with Gasteiger partial charge in [0.2, 0.25) is 0 Å². The third kappa shape index (κ3) is 2.86. The molecule has 0 aromatic heterocycles. The summed E-state index contributed by atoms with van der Waals surface area (Å²) in [7, 11) is 1.59. The lowest BCUT2D eigenvalue weighted by atomic mass is 10.0. The van der Waals surface area contributed by atoms with Gasteiger partial charge in [0.1, 0.15) is 18.0 Å². The smallest absolute Gasteiger partial charge is 0.118 e. The zero-order valence-corrected chi connectivity index (χ0v) is 11.3. The topological polar surface area (TPSA) is 79.2 Å². The summed E-state index contributed by atoms with van der Waals surface area (Å²) in [4.78, 5) is 0. The first kappa shape index (κ1) is 15.0. The molecule has 0 bridgehead atoms. The summed E-state index contributed by atoms with van der Waals surface area (Å²) in [5.74, 6) is 0.169. The van der Waals surface area contributed by atoms with E-state index in [9.17, 15) is 15.3 Å². The largest absolute Gasteiger partial charge is 0.497 e. The van der Waals surface area contributed by atoms with Crippen LogP contribution in [0.4, 0.5) is 0 Å². The molecule has 3 N–H and O–H groups in total. The Morgan fingerprint density at radius 1 is 1.10 bits per heavy atom. The van der Waals surface area contributed by atoms with Crippen LogP contribution in [0.25, 0.3) is 0 Å². The average molecular weight is 280 g/mol. The summed E-state index contributed by atoms with van der Waals surface area (Å²) >= 11 is 0. The van der Waals surface area contributed by atoms with Gasteiger partial charge in [-0.1, -0.05) is 18.2 Å². The number of ether oxygens (including phenoxy) is 2. The van der Waals surface area contributed by atoms with Gasteiger partial charge < -0.3 is 24.8 Å². The van der Waals surface area contributed by atoms with E-state index >= 15 is 0 Å². The minimum atomic E-state index is -1.12. The Kier molecular flexibility index (Phi) is 4.77. The molecule has 1 aliphatic carbocycles. The fraction of sp³-hybridized carbons (Fsp3) is 0.467. The van der Waals surface area contributed by atoms with Crippen LogP contribution in [0, 0.1) is 5.92 Å². The first-order valence-electron chi connectivity index (χ1n) is 6.49. The van der Waals surface area contributed by atoms with E-state index in [1.807, 2.05) is 24.3 Å². The number of hydrogen-bond donors (Lipinski definition) is 3. The molecule has 2 rings (SSSR count). The van der Waals surface area contributed by atoms with E-state index in [1.54, 1.807) is 7.11 Å². The van der Waals surface area contributed by atoms with Gasteiger partial charge in [-0.2, -0.15) is 0 Å². The highest BCUT2D eigenvalue weighted by Crippen LogP contribution is 2.30. The molecule has 0 spiro atoms. The van der Waals surface area contributed by atoms with Crippen LogP contribution in [0.5, 0.6) is 5.75 Å². The maximum Gasteiger partial charge on any atom is 0.118 e. The molecule has 5 nitrogen and oxygen atoms in total. The van der Waals surface area contributed by atoms with Gasteiger partial charge in [-0.05, 0) is 17.7 Å². The van der Waals surface area contributed by atoms with Crippen molar-refractivity contribution in [1.82, 2.24) is 0 Å². The van der Waals surface area contributed by atoms with Crippen LogP contribution >= 0.6 is 0 Å². The lowest BCUT2D eigenvalue weighted by molar-refractivity contribution is -0.0892. The van der Waals surface area contributed by atoms with Gasteiger partial charge >= 0.3 is 0 Å². The van der Waals surface area contributed by atoms with Crippen LogP contribution in [0.2, 0.25) is 0 Å². The molecular weight excluding hydrogens is 260 g/mol. The highest BCUT2D eigenvalue weighted by molar-refractivity contribution is 5.26. The van der Waals surface area contributed by atoms with E-state index in [-0.39, 0.29) is 6.61 Å². The molecule has 20 heavy (non-hydrogen) atoms.